The molecule has 1 aliphatic rings. The molecule has 0 unspecified atom stereocenters. The third-order valence-corrected chi connectivity index (χ3v) is 2.90. The van der Waals surface area contributed by atoms with Gasteiger partial charge in [0.15, 0.2) is 11.5 Å². The second kappa shape index (κ2) is 3.27. The van der Waals surface area contributed by atoms with Gasteiger partial charge in [0.05, 0.1) is 11.4 Å². The first-order chi connectivity index (χ1) is 7.75. The van der Waals surface area contributed by atoms with Gasteiger partial charge in [0, 0.05) is 0 Å². The van der Waals surface area contributed by atoms with Crippen LogP contribution in [0.25, 0.3) is 0 Å². The Hall–Kier alpha value is -1.96. The van der Waals surface area contributed by atoms with E-state index in [1.54, 1.807) is 0 Å². The fourth-order valence-corrected chi connectivity index (χ4v) is 2.02. The zero-order valence-electron chi connectivity index (χ0n) is 9.37. The standard InChI is InChI=1S/C14H13NO/c1-9-5-3-7-11-13(9)16-14-10(2)6-4-8-12(14)15-11/h3-8,15H,1-2H3. The number of ether oxygens (including phenoxy) is 1. The zero-order chi connectivity index (χ0) is 11.1. The summed E-state index contributed by atoms with van der Waals surface area (Å²) >= 11 is 0. The minimum atomic E-state index is 0.935. The lowest BCUT2D eigenvalue weighted by atomic mass is 10.1. The van der Waals surface area contributed by atoms with E-state index in [4.69, 9.17) is 4.74 Å². The molecule has 0 aromatic heterocycles. The van der Waals surface area contributed by atoms with E-state index in [1.807, 2.05) is 24.3 Å². The van der Waals surface area contributed by atoms with Crippen molar-refractivity contribution in [2.45, 2.75) is 13.8 Å². The number of aryl methyl sites for hydroxylation is 2. The van der Waals surface area contributed by atoms with Crippen molar-refractivity contribution in [3.05, 3.63) is 47.5 Å². The van der Waals surface area contributed by atoms with Crippen molar-refractivity contribution in [3.8, 4) is 11.5 Å². The predicted octanol–water partition coefficient (Wildman–Crippen LogP) is 4.15. The van der Waals surface area contributed by atoms with E-state index >= 15 is 0 Å². The van der Waals surface area contributed by atoms with Gasteiger partial charge in [0.2, 0.25) is 0 Å². The molecule has 2 nitrogen and oxygen atoms in total. The number of nitrogens with one attached hydrogen (secondary N) is 1. The SMILES string of the molecule is Cc1cccc2c1Oc1c(C)cccc1N2. The molecule has 1 N–H and O–H groups in total. The van der Waals surface area contributed by atoms with Gasteiger partial charge in [-0.05, 0) is 37.1 Å². The summed E-state index contributed by atoms with van der Waals surface area (Å²) in [4.78, 5) is 0. The fourth-order valence-electron chi connectivity index (χ4n) is 2.02. The third kappa shape index (κ3) is 1.27. The van der Waals surface area contributed by atoms with Crippen LogP contribution in [0, 0.1) is 13.8 Å². The van der Waals surface area contributed by atoms with Gasteiger partial charge < -0.3 is 10.1 Å². The molecule has 0 saturated heterocycles. The van der Waals surface area contributed by atoms with E-state index in [9.17, 15) is 0 Å². The van der Waals surface area contributed by atoms with Crippen molar-refractivity contribution < 1.29 is 4.74 Å². The maximum absolute atomic E-state index is 5.98. The highest BCUT2D eigenvalue weighted by Crippen LogP contribution is 2.44. The number of rotatable bonds is 0. The maximum Gasteiger partial charge on any atom is 0.153 e. The van der Waals surface area contributed by atoms with Crippen LogP contribution in [-0.4, -0.2) is 0 Å². The van der Waals surface area contributed by atoms with Crippen LogP contribution in [0.1, 0.15) is 11.1 Å². The second-order valence-corrected chi connectivity index (χ2v) is 4.13. The molecule has 0 fully saturated rings. The van der Waals surface area contributed by atoms with Gasteiger partial charge in [-0.1, -0.05) is 24.3 Å². The lowest BCUT2D eigenvalue weighted by Gasteiger charge is -2.24. The lowest BCUT2D eigenvalue weighted by molar-refractivity contribution is 0.474. The Labute approximate surface area is 94.9 Å². The minimum absolute atomic E-state index is 0.935. The van der Waals surface area contributed by atoms with Crippen molar-refractivity contribution in [2.24, 2.45) is 0 Å². The predicted molar refractivity (Wildman–Crippen MR) is 65.7 cm³/mol. The number of anilines is 2. The molecular formula is C14H13NO. The number of hydrogen-bond acceptors (Lipinski definition) is 2. The van der Waals surface area contributed by atoms with E-state index in [0.29, 0.717) is 0 Å². The van der Waals surface area contributed by atoms with Gasteiger partial charge in [0.25, 0.3) is 0 Å². The molecule has 0 radical (unpaired) electrons. The van der Waals surface area contributed by atoms with Gasteiger partial charge in [-0.15, -0.1) is 0 Å². The summed E-state index contributed by atoms with van der Waals surface area (Å²) in [6, 6.07) is 12.3. The Balaban J connectivity index is 2.17. The highest BCUT2D eigenvalue weighted by molar-refractivity contribution is 5.77. The molecule has 1 heterocycles. The summed E-state index contributed by atoms with van der Waals surface area (Å²) in [6.45, 7) is 4.12. The van der Waals surface area contributed by atoms with E-state index in [0.717, 1.165) is 34.0 Å². The zero-order valence-corrected chi connectivity index (χ0v) is 9.37. The lowest BCUT2D eigenvalue weighted by Crippen LogP contribution is -2.04. The van der Waals surface area contributed by atoms with Crippen LogP contribution in [0.3, 0.4) is 0 Å². The molecule has 0 aliphatic carbocycles. The van der Waals surface area contributed by atoms with Crippen LogP contribution in [0.4, 0.5) is 11.4 Å². The third-order valence-electron chi connectivity index (χ3n) is 2.90. The van der Waals surface area contributed by atoms with Crippen LogP contribution in [-0.2, 0) is 0 Å². The van der Waals surface area contributed by atoms with Crippen LogP contribution in [0.2, 0.25) is 0 Å². The molecule has 16 heavy (non-hydrogen) atoms. The Kier molecular flexibility index (Phi) is 1.90. The first kappa shape index (κ1) is 9.28. The molecule has 2 aromatic rings. The van der Waals surface area contributed by atoms with Gasteiger partial charge >= 0.3 is 0 Å². The van der Waals surface area contributed by atoms with E-state index in [-0.39, 0.29) is 0 Å². The summed E-state index contributed by atoms with van der Waals surface area (Å²) < 4.78 is 5.98. The monoisotopic (exact) mass is 211 g/mol. The van der Waals surface area contributed by atoms with Crippen LogP contribution >= 0.6 is 0 Å². The highest BCUT2D eigenvalue weighted by Gasteiger charge is 2.18. The summed E-state index contributed by atoms with van der Waals surface area (Å²) in [5.41, 5.74) is 4.38. The fraction of sp³-hybridized carbons (Fsp3) is 0.143. The molecule has 0 atom stereocenters. The highest BCUT2D eigenvalue weighted by atomic mass is 16.5. The molecule has 0 amide bonds. The number of benzene rings is 2. The van der Waals surface area contributed by atoms with Crippen molar-refractivity contribution in [3.63, 3.8) is 0 Å². The number of fused-ring (bicyclic) bond motifs is 2. The quantitative estimate of drug-likeness (QED) is 0.603. The second-order valence-electron chi connectivity index (χ2n) is 4.13. The molecule has 1 aliphatic heterocycles. The summed E-state index contributed by atoms with van der Waals surface area (Å²) in [5, 5.41) is 3.40. The van der Waals surface area contributed by atoms with Crippen LogP contribution in [0.5, 0.6) is 11.5 Å². The molecular weight excluding hydrogens is 198 g/mol. The van der Waals surface area contributed by atoms with Crippen molar-refractivity contribution in [1.82, 2.24) is 0 Å². The Bertz CT molecular complexity index is 511. The van der Waals surface area contributed by atoms with Gasteiger partial charge in [-0.3, -0.25) is 0 Å². The van der Waals surface area contributed by atoms with Gasteiger partial charge in [-0.2, -0.15) is 0 Å². The van der Waals surface area contributed by atoms with Gasteiger partial charge in [0.1, 0.15) is 0 Å². The van der Waals surface area contributed by atoms with E-state index in [1.165, 1.54) is 0 Å². The van der Waals surface area contributed by atoms with Gasteiger partial charge in [-0.25, -0.2) is 0 Å². The van der Waals surface area contributed by atoms with E-state index < -0.39 is 0 Å². The van der Waals surface area contributed by atoms with E-state index in [2.05, 4.69) is 31.3 Å². The molecule has 0 saturated carbocycles. The maximum atomic E-state index is 5.98. The summed E-state index contributed by atoms with van der Waals surface area (Å²) in [7, 11) is 0. The summed E-state index contributed by atoms with van der Waals surface area (Å²) in [5.74, 6) is 1.87. The number of para-hydroxylation sites is 2. The molecule has 0 spiro atoms. The van der Waals surface area contributed by atoms with Crippen LogP contribution in [0.15, 0.2) is 36.4 Å². The largest absolute Gasteiger partial charge is 0.452 e. The smallest absolute Gasteiger partial charge is 0.153 e. The number of hydrogen-bond donors (Lipinski definition) is 1. The summed E-state index contributed by atoms with van der Waals surface area (Å²) in [6.07, 6.45) is 0. The topological polar surface area (TPSA) is 21.3 Å². The average Bonchev–Trinajstić information content (AvgIpc) is 2.28. The molecule has 2 heteroatoms. The average molecular weight is 211 g/mol. The molecule has 80 valence electrons. The Morgan fingerprint density at radius 2 is 1.31 bits per heavy atom. The Morgan fingerprint density at radius 3 is 1.81 bits per heavy atom. The first-order valence-electron chi connectivity index (χ1n) is 5.40. The molecule has 0 bridgehead atoms. The molecule has 3 rings (SSSR count). The normalized spacial score (nSPS) is 12.1. The first-order valence-corrected chi connectivity index (χ1v) is 5.40. The Morgan fingerprint density at radius 1 is 0.812 bits per heavy atom. The van der Waals surface area contributed by atoms with Crippen molar-refractivity contribution >= 4 is 11.4 Å². The van der Waals surface area contributed by atoms with Crippen molar-refractivity contribution in [1.29, 1.82) is 0 Å². The minimum Gasteiger partial charge on any atom is -0.452 e. The van der Waals surface area contributed by atoms with Crippen LogP contribution < -0.4 is 10.1 Å². The molecule has 2 aromatic carbocycles. The van der Waals surface area contributed by atoms with Crippen molar-refractivity contribution in [2.75, 3.05) is 5.32 Å².